The Morgan fingerprint density at radius 2 is 1.67 bits per heavy atom. The van der Waals surface area contributed by atoms with Gasteiger partial charge in [-0.3, -0.25) is 0 Å². The maximum absolute atomic E-state index is 3.58. The number of hydrogen-bond acceptors (Lipinski definition) is 2. The van der Waals surface area contributed by atoms with Crippen molar-refractivity contribution in [3.8, 4) is 0 Å². The van der Waals surface area contributed by atoms with Gasteiger partial charge in [0.2, 0.25) is 0 Å². The van der Waals surface area contributed by atoms with Crippen molar-refractivity contribution in [1.29, 1.82) is 0 Å². The Balaban J connectivity index is 2.15. The lowest BCUT2D eigenvalue weighted by atomic mass is 10.0. The second-order valence-electron chi connectivity index (χ2n) is 5.58. The lowest BCUT2D eigenvalue weighted by Crippen LogP contribution is -2.23. The van der Waals surface area contributed by atoms with Crippen LogP contribution in [0, 0.1) is 0 Å². The largest absolute Gasteiger partial charge is 0.370 e. The van der Waals surface area contributed by atoms with E-state index in [1.807, 2.05) is 0 Å². The van der Waals surface area contributed by atoms with Crippen LogP contribution < -0.4 is 10.2 Å². The van der Waals surface area contributed by atoms with Crippen molar-refractivity contribution in [3.05, 3.63) is 65.7 Å². The molecule has 0 saturated carbocycles. The van der Waals surface area contributed by atoms with Gasteiger partial charge in [-0.05, 0) is 37.1 Å². The van der Waals surface area contributed by atoms with Crippen molar-refractivity contribution < 1.29 is 0 Å². The number of rotatable bonds is 7. The number of nitrogens with one attached hydrogen (secondary N) is 1. The van der Waals surface area contributed by atoms with Crippen LogP contribution >= 0.6 is 0 Å². The first-order valence-corrected chi connectivity index (χ1v) is 7.79. The molecule has 0 saturated heterocycles. The number of nitrogens with zero attached hydrogens (tertiary/aromatic N) is 1. The summed E-state index contributed by atoms with van der Waals surface area (Å²) in [6.45, 7) is 6.42. The van der Waals surface area contributed by atoms with E-state index in [-0.39, 0.29) is 0 Å². The molecule has 0 aromatic heterocycles. The summed E-state index contributed by atoms with van der Waals surface area (Å²) in [5.74, 6) is 0. The molecule has 112 valence electrons. The minimum atomic E-state index is 0.374. The molecule has 0 radical (unpaired) electrons. The Labute approximate surface area is 128 Å². The molecule has 1 unspecified atom stereocenters. The maximum Gasteiger partial charge on any atom is 0.0426 e. The molecule has 0 bridgehead atoms. The molecule has 0 spiro atoms. The van der Waals surface area contributed by atoms with E-state index in [0.29, 0.717) is 6.04 Å². The highest BCUT2D eigenvalue weighted by Crippen LogP contribution is 2.26. The van der Waals surface area contributed by atoms with Crippen LogP contribution in [0.15, 0.2) is 54.6 Å². The van der Waals surface area contributed by atoms with Crippen molar-refractivity contribution in [2.75, 3.05) is 18.5 Å². The van der Waals surface area contributed by atoms with E-state index >= 15 is 0 Å². The molecule has 0 aliphatic rings. The minimum absolute atomic E-state index is 0.374. The van der Waals surface area contributed by atoms with E-state index in [9.17, 15) is 0 Å². The third-order valence-electron chi connectivity index (χ3n) is 3.78. The molecule has 2 heteroatoms. The highest BCUT2D eigenvalue weighted by molar-refractivity contribution is 5.54. The number of anilines is 1. The number of para-hydroxylation sites is 1. The summed E-state index contributed by atoms with van der Waals surface area (Å²) in [6.07, 6.45) is 1.16. The van der Waals surface area contributed by atoms with Crippen LogP contribution in [0.5, 0.6) is 0 Å². The smallest absolute Gasteiger partial charge is 0.0426 e. The lowest BCUT2D eigenvalue weighted by Gasteiger charge is -2.25. The SMILES string of the molecule is CCCNC(C)c1ccccc1N(C)Cc1ccccc1. The van der Waals surface area contributed by atoms with Gasteiger partial charge < -0.3 is 10.2 Å². The number of benzene rings is 2. The Bertz CT molecular complexity index is 536. The topological polar surface area (TPSA) is 15.3 Å². The third kappa shape index (κ3) is 4.33. The van der Waals surface area contributed by atoms with E-state index in [4.69, 9.17) is 0 Å². The normalized spacial score (nSPS) is 12.1. The molecule has 0 aliphatic heterocycles. The molecule has 21 heavy (non-hydrogen) atoms. The van der Waals surface area contributed by atoms with Gasteiger partial charge in [0.05, 0.1) is 0 Å². The third-order valence-corrected chi connectivity index (χ3v) is 3.78. The zero-order valence-electron chi connectivity index (χ0n) is 13.3. The Hall–Kier alpha value is -1.80. The standard InChI is InChI=1S/C19H26N2/c1-4-14-20-16(2)18-12-8-9-13-19(18)21(3)15-17-10-6-5-7-11-17/h5-13,16,20H,4,14-15H2,1-3H3. The zero-order chi connectivity index (χ0) is 15.1. The van der Waals surface area contributed by atoms with Gasteiger partial charge in [-0.25, -0.2) is 0 Å². The van der Waals surface area contributed by atoms with Crippen molar-refractivity contribution in [2.24, 2.45) is 0 Å². The van der Waals surface area contributed by atoms with Crippen LogP contribution in [0.2, 0.25) is 0 Å². The summed E-state index contributed by atoms with van der Waals surface area (Å²) < 4.78 is 0. The maximum atomic E-state index is 3.58. The summed E-state index contributed by atoms with van der Waals surface area (Å²) in [4.78, 5) is 2.33. The number of hydrogen-bond donors (Lipinski definition) is 1. The van der Waals surface area contributed by atoms with Gasteiger partial charge in [-0.1, -0.05) is 55.5 Å². The van der Waals surface area contributed by atoms with Gasteiger partial charge in [0.15, 0.2) is 0 Å². The molecule has 2 nitrogen and oxygen atoms in total. The van der Waals surface area contributed by atoms with Gasteiger partial charge in [-0.15, -0.1) is 0 Å². The fourth-order valence-corrected chi connectivity index (χ4v) is 2.61. The fraction of sp³-hybridized carbons (Fsp3) is 0.368. The summed E-state index contributed by atoms with van der Waals surface area (Å²) >= 11 is 0. The quantitative estimate of drug-likeness (QED) is 0.810. The van der Waals surface area contributed by atoms with E-state index in [2.05, 4.69) is 85.7 Å². The predicted octanol–water partition coefficient (Wildman–Crippen LogP) is 4.38. The highest BCUT2D eigenvalue weighted by atomic mass is 15.1. The van der Waals surface area contributed by atoms with Gasteiger partial charge in [0.1, 0.15) is 0 Å². The molecule has 0 fully saturated rings. The molecular formula is C19H26N2. The van der Waals surface area contributed by atoms with Crippen molar-refractivity contribution in [1.82, 2.24) is 5.32 Å². The van der Waals surface area contributed by atoms with E-state index in [1.165, 1.54) is 16.8 Å². The van der Waals surface area contributed by atoms with E-state index in [0.717, 1.165) is 19.5 Å². The summed E-state index contributed by atoms with van der Waals surface area (Å²) in [6, 6.07) is 19.7. The average molecular weight is 282 g/mol. The van der Waals surface area contributed by atoms with E-state index < -0.39 is 0 Å². The first-order chi connectivity index (χ1) is 10.2. The van der Waals surface area contributed by atoms with E-state index in [1.54, 1.807) is 0 Å². The molecule has 1 N–H and O–H groups in total. The van der Waals surface area contributed by atoms with Gasteiger partial charge >= 0.3 is 0 Å². The average Bonchev–Trinajstić information content (AvgIpc) is 2.53. The van der Waals surface area contributed by atoms with Gasteiger partial charge in [0, 0.05) is 25.3 Å². The van der Waals surface area contributed by atoms with Crippen molar-refractivity contribution in [2.45, 2.75) is 32.9 Å². The van der Waals surface area contributed by atoms with Crippen LogP contribution in [0.25, 0.3) is 0 Å². The molecule has 2 rings (SSSR count). The first-order valence-electron chi connectivity index (χ1n) is 7.79. The zero-order valence-corrected chi connectivity index (χ0v) is 13.3. The fourth-order valence-electron chi connectivity index (χ4n) is 2.61. The van der Waals surface area contributed by atoms with Gasteiger partial charge in [-0.2, -0.15) is 0 Å². The van der Waals surface area contributed by atoms with Crippen LogP contribution in [0.1, 0.15) is 37.4 Å². The minimum Gasteiger partial charge on any atom is -0.370 e. The molecule has 0 heterocycles. The summed E-state index contributed by atoms with van der Waals surface area (Å²) in [5, 5.41) is 3.58. The molecule has 0 aliphatic carbocycles. The Morgan fingerprint density at radius 3 is 2.38 bits per heavy atom. The molecule has 2 aromatic rings. The van der Waals surface area contributed by atoms with Crippen LogP contribution in [-0.2, 0) is 6.54 Å². The Kier molecular flexibility index (Phi) is 5.82. The van der Waals surface area contributed by atoms with Crippen LogP contribution in [0.3, 0.4) is 0 Å². The van der Waals surface area contributed by atoms with Crippen LogP contribution in [0.4, 0.5) is 5.69 Å². The second kappa shape index (κ2) is 7.84. The molecule has 0 amide bonds. The van der Waals surface area contributed by atoms with Crippen LogP contribution in [-0.4, -0.2) is 13.6 Å². The first kappa shape index (κ1) is 15.6. The lowest BCUT2D eigenvalue weighted by molar-refractivity contribution is 0.570. The highest BCUT2D eigenvalue weighted by Gasteiger charge is 2.12. The van der Waals surface area contributed by atoms with Gasteiger partial charge in [0.25, 0.3) is 0 Å². The Morgan fingerprint density at radius 1 is 1.00 bits per heavy atom. The van der Waals surface area contributed by atoms with Crippen molar-refractivity contribution >= 4 is 5.69 Å². The second-order valence-corrected chi connectivity index (χ2v) is 5.58. The molecular weight excluding hydrogens is 256 g/mol. The molecule has 2 aromatic carbocycles. The summed E-state index contributed by atoms with van der Waals surface area (Å²) in [5.41, 5.74) is 4.01. The predicted molar refractivity (Wildman–Crippen MR) is 91.7 cm³/mol. The van der Waals surface area contributed by atoms with Crippen molar-refractivity contribution in [3.63, 3.8) is 0 Å². The molecule has 1 atom stereocenters. The monoisotopic (exact) mass is 282 g/mol. The summed E-state index contributed by atoms with van der Waals surface area (Å²) in [7, 11) is 2.17.